The van der Waals surface area contributed by atoms with Crippen molar-refractivity contribution < 1.29 is 9.21 Å². The molecular weight excluding hydrogens is 448 g/mol. The minimum atomic E-state index is -0.0430. The third-order valence-electron chi connectivity index (χ3n) is 5.64. The van der Waals surface area contributed by atoms with Crippen molar-refractivity contribution in [1.82, 2.24) is 19.4 Å². The van der Waals surface area contributed by atoms with Crippen LogP contribution in [0, 0.1) is 32.1 Å². The first-order chi connectivity index (χ1) is 15.3. The molecule has 1 aliphatic heterocycles. The zero-order valence-corrected chi connectivity index (χ0v) is 20.1. The molecule has 0 atom stereocenters. The molecule has 3 aromatic heterocycles. The molecule has 0 aliphatic carbocycles. The Balaban J connectivity index is 1.43. The fourth-order valence-corrected chi connectivity index (χ4v) is 5.81. The van der Waals surface area contributed by atoms with Crippen molar-refractivity contribution in [3.63, 3.8) is 0 Å². The van der Waals surface area contributed by atoms with E-state index in [2.05, 4.69) is 11.1 Å². The van der Waals surface area contributed by atoms with Crippen molar-refractivity contribution in [2.24, 2.45) is 0 Å². The van der Waals surface area contributed by atoms with Gasteiger partial charge >= 0.3 is 0 Å². The maximum atomic E-state index is 13.0. The van der Waals surface area contributed by atoms with Crippen LogP contribution in [0.2, 0.25) is 0 Å². The van der Waals surface area contributed by atoms with E-state index in [9.17, 15) is 14.9 Å². The van der Waals surface area contributed by atoms with E-state index in [1.54, 1.807) is 16.4 Å². The Hall–Kier alpha value is -2.84. The zero-order valence-electron chi connectivity index (χ0n) is 18.5. The molecule has 9 nitrogen and oxygen atoms in total. The summed E-state index contributed by atoms with van der Waals surface area (Å²) in [4.78, 5) is 40.1. The zero-order chi connectivity index (χ0) is 23.0. The number of fused-ring (bicyclic) bond motifs is 1. The highest BCUT2D eigenvalue weighted by Gasteiger charge is 2.26. The van der Waals surface area contributed by atoms with Gasteiger partial charge in [-0.05, 0) is 26.3 Å². The summed E-state index contributed by atoms with van der Waals surface area (Å²) < 4.78 is 7.22. The molecule has 1 amide bonds. The second-order valence-electron chi connectivity index (χ2n) is 7.56. The lowest BCUT2D eigenvalue weighted by Gasteiger charge is -2.34. The molecule has 4 rings (SSSR count). The number of amides is 1. The number of hydrogen-bond donors (Lipinski definition) is 0. The lowest BCUT2D eigenvalue weighted by atomic mass is 10.2. The molecule has 0 bridgehead atoms. The van der Waals surface area contributed by atoms with Crippen LogP contribution in [-0.4, -0.2) is 57.3 Å². The van der Waals surface area contributed by atoms with Crippen molar-refractivity contribution in [2.75, 3.05) is 36.8 Å². The second kappa shape index (κ2) is 8.96. The van der Waals surface area contributed by atoms with E-state index in [1.165, 1.54) is 23.1 Å². The van der Waals surface area contributed by atoms with Crippen LogP contribution < -0.4 is 10.5 Å². The minimum absolute atomic E-state index is 0.000512. The molecule has 11 heteroatoms. The van der Waals surface area contributed by atoms with Crippen LogP contribution in [0.5, 0.6) is 0 Å². The van der Waals surface area contributed by atoms with Gasteiger partial charge in [-0.15, -0.1) is 11.3 Å². The van der Waals surface area contributed by atoms with E-state index in [0.29, 0.717) is 55.0 Å². The van der Waals surface area contributed by atoms with Crippen LogP contribution >= 0.6 is 23.1 Å². The van der Waals surface area contributed by atoms with Gasteiger partial charge in [0.05, 0.1) is 11.1 Å². The Morgan fingerprint density at radius 2 is 1.94 bits per heavy atom. The number of carbonyl (C=O) groups is 1. The van der Waals surface area contributed by atoms with Gasteiger partial charge in [0.15, 0.2) is 11.0 Å². The summed E-state index contributed by atoms with van der Waals surface area (Å²) in [7, 11) is 0. The van der Waals surface area contributed by atoms with E-state index < -0.39 is 0 Å². The molecule has 0 radical (unpaired) electrons. The quantitative estimate of drug-likeness (QED) is 0.412. The predicted molar refractivity (Wildman–Crippen MR) is 125 cm³/mol. The molecule has 4 heterocycles. The smallest absolute Gasteiger partial charge is 0.263 e. The van der Waals surface area contributed by atoms with Crippen molar-refractivity contribution in [3.05, 3.63) is 32.4 Å². The first-order valence-electron chi connectivity index (χ1n) is 10.4. The standard InChI is InChI=1S/C21H24N6O3S2/c1-5-27-19(29)17-12(2)13(3)32-18(17)24-21(27)31-11-16(28)25-6-8-26(9-7-25)20-15(10-22)23-14(4)30-20/h5-9,11H2,1-4H3. The number of thiophene rings is 1. The van der Waals surface area contributed by atoms with E-state index in [4.69, 9.17) is 9.40 Å². The molecule has 1 aliphatic rings. The van der Waals surface area contributed by atoms with Crippen molar-refractivity contribution in [3.8, 4) is 6.07 Å². The van der Waals surface area contributed by atoms with Crippen molar-refractivity contribution in [2.45, 2.75) is 39.4 Å². The van der Waals surface area contributed by atoms with Gasteiger partial charge in [0, 0.05) is 44.5 Å². The van der Waals surface area contributed by atoms with Gasteiger partial charge in [-0.1, -0.05) is 11.8 Å². The Labute approximate surface area is 193 Å². The fraction of sp³-hybridized carbons (Fsp3) is 0.476. The number of anilines is 1. The summed E-state index contributed by atoms with van der Waals surface area (Å²) >= 11 is 2.82. The SMILES string of the molecule is CCn1c(SCC(=O)N2CCN(c3oc(C)nc3C#N)CC2)nc2sc(C)c(C)c2c1=O. The number of oxazole rings is 1. The number of aryl methyl sites for hydroxylation is 3. The van der Waals surface area contributed by atoms with Crippen molar-refractivity contribution >= 4 is 45.1 Å². The lowest BCUT2D eigenvalue weighted by Crippen LogP contribution is -2.49. The molecule has 0 N–H and O–H groups in total. The summed E-state index contributed by atoms with van der Waals surface area (Å²) in [6.07, 6.45) is 0. The topological polar surface area (TPSA) is 108 Å². The number of piperazine rings is 1. The van der Waals surface area contributed by atoms with Gasteiger partial charge in [-0.25, -0.2) is 9.97 Å². The van der Waals surface area contributed by atoms with Crippen LogP contribution in [-0.2, 0) is 11.3 Å². The average Bonchev–Trinajstić information content (AvgIpc) is 3.31. The normalized spacial score (nSPS) is 14.2. The maximum absolute atomic E-state index is 13.0. The largest absolute Gasteiger partial charge is 0.424 e. The van der Waals surface area contributed by atoms with E-state index in [-0.39, 0.29) is 22.9 Å². The van der Waals surface area contributed by atoms with Crippen LogP contribution in [0.4, 0.5) is 5.88 Å². The number of hydrogen-bond acceptors (Lipinski definition) is 9. The van der Waals surface area contributed by atoms with E-state index in [0.717, 1.165) is 15.3 Å². The Kier molecular flexibility index (Phi) is 6.26. The van der Waals surface area contributed by atoms with Gasteiger partial charge in [0.25, 0.3) is 5.56 Å². The van der Waals surface area contributed by atoms with E-state index >= 15 is 0 Å². The molecule has 3 aromatic rings. The molecule has 0 saturated carbocycles. The van der Waals surface area contributed by atoms with Gasteiger partial charge < -0.3 is 14.2 Å². The molecule has 32 heavy (non-hydrogen) atoms. The number of aromatic nitrogens is 3. The second-order valence-corrected chi connectivity index (χ2v) is 9.71. The predicted octanol–water partition coefficient (Wildman–Crippen LogP) is 2.70. The van der Waals surface area contributed by atoms with Crippen LogP contribution in [0.1, 0.15) is 28.9 Å². The summed E-state index contributed by atoms with van der Waals surface area (Å²) in [6.45, 7) is 10.3. The number of thioether (sulfide) groups is 1. The molecular formula is C21H24N6O3S2. The third kappa shape index (κ3) is 4.00. The van der Waals surface area contributed by atoms with Crippen LogP contribution in [0.3, 0.4) is 0 Å². The molecule has 168 valence electrons. The van der Waals surface area contributed by atoms with E-state index in [1.807, 2.05) is 25.7 Å². The minimum Gasteiger partial charge on any atom is -0.424 e. The highest BCUT2D eigenvalue weighted by molar-refractivity contribution is 7.99. The van der Waals surface area contributed by atoms with Gasteiger partial charge in [-0.2, -0.15) is 5.26 Å². The van der Waals surface area contributed by atoms with Gasteiger partial charge in [0.1, 0.15) is 10.9 Å². The van der Waals surface area contributed by atoms with Gasteiger partial charge in [-0.3, -0.25) is 14.2 Å². The van der Waals surface area contributed by atoms with Crippen molar-refractivity contribution in [1.29, 1.82) is 5.26 Å². The number of nitrogens with zero attached hydrogens (tertiary/aromatic N) is 6. The average molecular weight is 473 g/mol. The molecule has 1 saturated heterocycles. The molecule has 1 fully saturated rings. The van der Waals surface area contributed by atoms with Crippen LogP contribution in [0.15, 0.2) is 14.4 Å². The molecule has 0 aromatic carbocycles. The molecule has 0 unspecified atom stereocenters. The Morgan fingerprint density at radius 3 is 2.59 bits per heavy atom. The summed E-state index contributed by atoms with van der Waals surface area (Å²) in [5.41, 5.74) is 1.21. The molecule has 0 spiro atoms. The maximum Gasteiger partial charge on any atom is 0.263 e. The summed E-state index contributed by atoms with van der Waals surface area (Å²) in [5.74, 6) is 1.14. The number of rotatable bonds is 5. The third-order valence-corrected chi connectivity index (χ3v) is 7.70. The van der Waals surface area contributed by atoms with Crippen LogP contribution in [0.25, 0.3) is 10.2 Å². The first-order valence-corrected chi connectivity index (χ1v) is 12.2. The summed E-state index contributed by atoms with van der Waals surface area (Å²) in [6, 6.07) is 2.05. The Morgan fingerprint density at radius 1 is 1.22 bits per heavy atom. The summed E-state index contributed by atoms with van der Waals surface area (Å²) in [5, 5.41) is 10.5. The first kappa shape index (κ1) is 22.4. The lowest BCUT2D eigenvalue weighted by molar-refractivity contribution is -0.128. The monoisotopic (exact) mass is 472 g/mol. The highest BCUT2D eigenvalue weighted by atomic mass is 32.2. The van der Waals surface area contributed by atoms with Gasteiger partial charge in [0.2, 0.25) is 17.5 Å². The Bertz CT molecular complexity index is 1280. The fourth-order valence-electron chi connectivity index (χ4n) is 3.78. The number of nitriles is 1. The highest BCUT2D eigenvalue weighted by Crippen LogP contribution is 2.28. The number of carbonyl (C=O) groups excluding carboxylic acids is 1.